The number of esters is 1. The van der Waals surface area contributed by atoms with Gasteiger partial charge in [0, 0.05) is 23.7 Å². The largest absolute Gasteiger partial charge is 0.480 e. The number of amides is 2. The van der Waals surface area contributed by atoms with Gasteiger partial charge in [0.1, 0.15) is 19.2 Å². The second-order valence-electron chi connectivity index (χ2n) is 11.2. The Morgan fingerprint density at radius 3 is 2.45 bits per heavy atom. The van der Waals surface area contributed by atoms with Gasteiger partial charge in [-0.05, 0) is 49.8 Å². The van der Waals surface area contributed by atoms with Crippen molar-refractivity contribution in [3.8, 4) is 0 Å². The zero-order valence-electron chi connectivity index (χ0n) is 25.3. The first-order chi connectivity index (χ1) is 21.4. The summed E-state index contributed by atoms with van der Waals surface area (Å²) in [5, 5.41) is 12.7. The van der Waals surface area contributed by atoms with E-state index in [-0.39, 0.29) is 25.2 Å². The average Bonchev–Trinajstić information content (AvgIpc) is 3.16. The molecule has 2 atom stereocenters. The zero-order valence-corrected chi connectivity index (χ0v) is 26.1. The molecule has 2 N–H and O–H groups in total. The molecule has 4 rings (SSSR count). The molecule has 2 aliphatic rings. The van der Waals surface area contributed by atoms with Gasteiger partial charge in [-0.1, -0.05) is 68.1 Å². The normalized spacial score (nSPS) is 17.8. The monoisotopic (exact) mass is 625 g/mol. The molecule has 2 aromatic rings. The van der Waals surface area contributed by atoms with Crippen molar-refractivity contribution in [2.75, 3.05) is 36.9 Å². The van der Waals surface area contributed by atoms with E-state index >= 15 is 0 Å². The molecule has 0 spiro atoms. The number of aliphatic carboxylic acids is 1. The van der Waals surface area contributed by atoms with Crippen molar-refractivity contribution < 1.29 is 33.8 Å². The number of rotatable bonds is 14. The van der Waals surface area contributed by atoms with Gasteiger partial charge in [0.05, 0.1) is 18.3 Å². The highest BCUT2D eigenvalue weighted by atomic mass is 32.2. The van der Waals surface area contributed by atoms with E-state index in [4.69, 9.17) is 9.47 Å². The number of ether oxygens (including phenoxy) is 2. The molecule has 1 unspecified atom stereocenters. The number of unbranched alkanes of at least 4 members (excludes halogenated alkanes) is 2. The van der Waals surface area contributed by atoms with Crippen molar-refractivity contribution in [3.63, 3.8) is 0 Å². The number of para-hydroxylation sites is 1. The smallest absolute Gasteiger partial charge is 0.410 e. The standard InChI is InChI=1S/C33H43N3O7S/c1-2-42-32(40)26(34-27-23-44-29-16-10-9-15-28(29)36(31(27)39)21-30(37)38)14-8-4-5-11-24-17-19-35(20-18-24)33(41)43-22-25-12-6-3-7-13-25/h3,6-7,9-10,12-13,15-16,24,26-27,34H,2,4-5,8,11,14,17-23H2,1H3,(H,37,38)/t26-,27?/m1/s1. The van der Waals surface area contributed by atoms with Crippen molar-refractivity contribution >= 4 is 41.4 Å². The summed E-state index contributed by atoms with van der Waals surface area (Å²) in [5.74, 6) is -0.942. The predicted molar refractivity (Wildman–Crippen MR) is 169 cm³/mol. The number of carbonyl (C=O) groups is 4. The Bertz CT molecular complexity index is 1250. The summed E-state index contributed by atoms with van der Waals surface area (Å²) in [6, 6.07) is 15.5. The number of piperidine rings is 1. The molecule has 238 valence electrons. The number of carboxylic acids is 1. The van der Waals surface area contributed by atoms with Gasteiger partial charge in [0.15, 0.2) is 0 Å². The fourth-order valence-corrected chi connectivity index (χ4v) is 6.79. The Morgan fingerprint density at radius 2 is 1.73 bits per heavy atom. The van der Waals surface area contributed by atoms with Crippen LogP contribution in [0.25, 0.3) is 0 Å². The molecule has 1 saturated heterocycles. The van der Waals surface area contributed by atoms with E-state index < -0.39 is 30.6 Å². The number of anilines is 1. The Labute approximate surface area is 263 Å². The lowest BCUT2D eigenvalue weighted by molar-refractivity contribution is -0.146. The van der Waals surface area contributed by atoms with Crippen molar-refractivity contribution in [2.24, 2.45) is 5.92 Å². The van der Waals surface area contributed by atoms with Crippen molar-refractivity contribution in [1.29, 1.82) is 0 Å². The number of nitrogens with zero attached hydrogens (tertiary/aromatic N) is 2. The molecule has 2 heterocycles. The maximum atomic E-state index is 13.5. The number of carbonyl (C=O) groups excluding carboxylic acids is 3. The third-order valence-electron chi connectivity index (χ3n) is 8.08. The highest BCUT2D eigenvalue weighted by Crippen LogP contribution is 2.34. The Kier molecular flexibility index (Phi) is 12.9. The summed E-state index contributed by atoms with van der Waals surface area (Å²) in [6.45, 7) is 3.21. The molecule has 10 nitrogen and oxygen atoms in total. The molecule has 44 heavy (non-hydrogen) atoms. The molecule has 2 aromatic carbocycles. The van der Waals surface area contributed by atoms with Gasteiger partial charge in [0.25, 0.3) is 0 Å². The van der Waals surface area contributed by atoms with Crippen LogP contribution in [0.3, 0.4) is 0 Å². The first kappa shape index (κ1) is 33.3. The van der Waals surface area contributed by atoms with E-state index in [1.54, 1.807) is 24.0 Å². The summed E-state index contributed by atoms with van der Waals surface area (Å²) in [7, 11) is 0. The molecule has 0 aliphatic carbocycles. The van der Waals surface area contributed by atoms with Gasteiger partial charge in [-0.25, -0.2) is 4.79 Å². The van der Waals surface area contributed by atoms with Gasteiger partial charge in [0.2, 0.25) is 5.91 Å². The summed E-state index contributed by atoms with van der Waals surface area (Å²) >= 11 is 1.47. The Hall–Kier alpha value is -3.57. The maximum Gasteiger partial charge on any atom is 0.410 e. The minimum atomic E-state index is -1.10. The molecule has 0 saturated carbocycles. The number of nitrogens with one attached hydrogen (secondary N) is 1. The van der Waals surface area contributed by atoms with Crippen LogP contribution in [0, 0.1) is 5.92 Å². The van der Waals surface area contributed by atoms with Crippen LogP contribution in [0.2, 0.25) is 0 Å². The second-order valence-corrected chi connectivity index (χ2v) is 12.3. The minimum Gasteiger partial charge on any atom is -0.480 e. The molecule has 0 radical (unpaired) electrons. The van der Waals surface area contributed by atoms with E-state index in [2.05, 4.69) is 5.32 Å². The van der Waals surface area contributed by atoms with Crippen LogP contribution < -0.4 is 10.2 Å². The number of carboxylic acid groups (broad SMARTS) is 1. The molecular weight excluding hydrogens is 582 g/mol. The van der Waals surface area contributed by atoms with Gasteiger partial charge in [-0.15, -0.1) is 11.8 Å². The molecule has 2 aliphatic heterocycles. The molecule has 11 heteroatoms. The SMILES string of the molecule is CCOC(=O)[C@@H](CCCCCC1CCN(C(=O)OCc2ccccc2)CC1)NC1CSc2ccccc2N(CC(=O)O)C1=O. The zero-order chi connectivity index (χ0) is 31.3. The molecule has 0 aromatic heterocycles. The maximum absolute atomic E-state index is 13.5. The van der Waals surface area contributed by atoms with E-state index in [9.17, 15) is 24.3 Å². The fourth-order valence-electron chi connectivity index (χ4n) is 5.70. The Balaban J connectivity index is 1.21. The summed E-state index contributed by atoms with van der Waals surface area (Å²) in [6.07, 6.45) is 5.95. The van der Waals surface area contributed by atoms with Gasteiger partial charge < -0.3 is 19.5 Å². The van der Waals surface area contributed by atoms with Gasteiger partial charge in [-0.3, -0.25) is 24.6 Å². The Morgan fingerprint density at radius 1 is 1.00 bits per heavy atom. The van der Waals surface area contributed by atoms with E-state index in [1.165, 1.54) is 16.7 Å². The van der Waals surface area contributed by atoms with Crippen LogP contribution in [-0.4, -0.2) is 78.0 Å². The second kappa shape index (κ2) is 17.1. The van der Waals surface area contributed by atoms with Gasteiger partial charge in [-0.2, -0.15) is 0 Å². The third kappa shape index (κ3) is 9.72. The topological polar surface area (TPSA) is 125 Å². The van der Waals surface area contributed by atoms with Crippen LogP contribution in [0.15, 0.2) is 59.5 Å². The third-order valence-corrected chi connectivity index (χ3v) is 9.23. The van der Waals surface area contributed by atoms with Crippen LogP contribution in [0.1, 0.15) is 57.4 Å². The summed E-state index contributed by atoms with van der Waals surface area (Å²) < 4.78 is 10.8. The van der Waals surface area contributed by atoms with Crippen LogP contribution >= 0.6 is 11.8 Å². The number of hydrogen-bond acceptors (Lipinski definition) is 8. The van der Waals surface area contributed by atoms with Crippen LogP contribution in [-0.2, 0) is 30.5 Å². The number of benzene rings is 2. The quantitative estimate of drug-likeness (QED) is 0.218. The van der Waals surface area contributed by atoms with E-state index in [0.29, 0.717) is 36.9 Å². The lowest BCUT2D eigenvalue weighted by Crippen LogP contribution is -2.54. The number of hydrogen-bond donors (Lipinski definition) is 2. The number of fused-ring (bicyclic) bond motifs is 1. The first-order valence-corrected chi connectivity index (χ1v) is 16.5. The van der Waals surface area contributed by atoms with Crippen LogP contribution in [0.4, 0.5) is 10.5 Å². The van der Waals surface area contributed by atoms with E-state index in [0.717, 1.165) is 49.0 Å². The van der Waals surface area contributed by atoms with Crippen molar-refractivity contribution in [1.82, 2.24) is 10.2 Å². The first-order valence-electron chi connectivity index (χ1n) is 15.5. The predicted octanol–water partition coefficient (Wildman–Crippen LogP) is 5.10. The van der Waals surface area contributed by atoms with E-state index in [1.807, 2.05) is 42.5 Å². The minimum absolute atomic E-state index is 0.236. The highest BCUT2D eigenvalue weighted by Gasteiger charge is 2.35. The van der Waals surface area contributed by atoms with Crippen LogP contribution in [0.5, 0.6) is 0 Å². The number of thioether (sulfide) groups is 1. The van der Waals surface area contributed by atoms with Crippen molar-refractivity contribution in [2.45, 2.75) is 75.5 Å². The highest BCUT2D eigenvalue weighted by molar-refractivity contribution is 7.99. The molecular formula is C33H43N3O7S. The summed E-state index contributed by atoms with van der Waals surface area (Å²) in [5.41, 5.74) is 1.54. The fraction of sp³-hybridized carbons (Fsp3) is 0.515. The average molecular weight is 626 g/mol. The number of likely N-dealkylation sites (tertiary alicyclic amines) is 1. The van der Waals surface area contributed by atoms with Crippen molar-refractivity contribution in [3.05, 3.63) is 60.2 Å². The lowest BCUT2D eigenvalue weighted by Gasteiger charge is -2.31. The van der Waals surface area contributed by atoms with Gasteiger partial charge >= 0.3 is 18.0 Å². The summed E-state index contributed by atoms with van der Waals surface area (Å²) in [4.78, 5) is 54.3. The lowest BCUT2D eigenvalue weighted by atomic mass is 9.91. The molecule has 0 bridgehead atoms. The molecule has 1 fully saturated rings. The molecule has 2 amide bonds.